The molecule has 0 spiro atoms. The summed E-state index contributed by atoms with van der Waals surface area (Å²) in [5.41, 5.74) is 0.326. The topological polar surface area (TPSA) is 24.1 Å². The van der Waals surface area contributed by atoms with Gasteiger partial charge >= 0.3 is 6.18 Å². The quantitative estimate of drug-likeness (QED) is 0.707. The summed E-state index contributed by atoms with van der Waals surface area (Å²) in [6.45, 7) is 3.51. The molecular weight excluding hydrogens is 217 g/mol. The van der Waals surface area contributed by atoms with Gasteiger partial charge in [0.1, 0.15) is 5.70 Å². The van der Waals surface area contributed by atoms with Crippen LogP contribution in [0, 0.1) is 0 Å². The van der Waals surface area contributed by atoms with E-state index in [1.54, 1.807) is 24.3 Å². The molecule has 0 aliphatic carbocycles. The van der Waals surface area contributed by atoms with Gasteiger partial charge in [-0.05, 0) is 18.2 Å². The third-order valence-electron chi connectivity index (χ3n) is 2.12. The van der Waals surface area contributed by atoms with E-state index in [2.05, 4.69) is 17.2 Å². The second-order valence-electron chi connectivity index (χ2n) is 3.38. The molecule has 0 unspecified atom stereocenters. The Bertz CT molecular complexity index is 461. The van der Waals surface area contributed by atoms with Gasteiger partial charge in [-0.2, -0.15) is 13.2 Å². The number of fused-ring (bicyclic) bond motifs is 1. The summed E-state index contributed by atoms with van der Waals surface area (Å²) in [6.07, 6.45) is -3.47. The summed E-state index contributed by atoms with van der Waals surface area (Å²) in [4.78, 5) is 0. The fraction of sp³-hybridized carbons (Fsp3) is 0.0909. The molecule has 0 radical (unpaired) electrons. The average molecular weight is 226 g/mol. The minimum atomic E-state index is -4.41. The van der Waals surface area contributed by atoms with Crippen LogP contribution in [0.1, 0.15) is 0 Å². The molecule has 1 heterocycles. The van der Waals surface area contributed by atoms with E-state index in [4.69, 9.17) is 0 Å². The van der Waals surface area contributed by atoms with Gasteiger partial charge in [0.15, 0.2) is 0 Å². The summed E-state index contributed by atoms with van der Waals surface area (Å²) in [5.74, 6) is 0. The molecule has 84 valence electrons. The molecule has 1 aromatic carbocycles. The van der Waals surface area contributed by atoms with Crippen molar-refractivity contribution in [3.05, 3.63) is 48.3 Å². The molecule has 1 aliphatic rings. The van der Waals surface area contributed by atoms with Gasteiger partial charge in [-0.25, -0.2) is 0 Å². The predicted molar refractivity (Wildman–Crippen MR) is 57.0 cm³/mol. The zero-order valence-electron chi connectivity index (χ0n) is 8.23. The number of hydrogen-bond acceptors (Lipinski definition) is 2. The number of nitrogens with one attached hydrogen (secondary N) is 2. The van der Waals surface area contributed by atoms with Crippen molar-refractivity contribution in [1.82, 2.24) is 0 Å². The third-order valence-corrected chi connectivity index (χ3v) is 2.12. The van der Waals surface area contributed by atoms with E-state index in [0.29, 0.717) is 11.4 Å². The van der Waals surface area contributed by atoms with Crippen molar-refractivity contribution in [3.8, 4) is 0 Å². The summed E-state index contributed by atoms with van der Waals surface area (Å²) in [6, 6.07) is 6.65. The van der Waals surface area contributed by atoms with Crippen LogP contribution in [0.25, 0.3) is 0 Å². The number of halogens is 3. The van der Waals surface area contributed by atoms with Crippen molar-refractivity contribution < 1.29 is 13.2 Å². The van der Waals surface area contributed by atoms with Crippen molar-refractivity contribution >= 4 is 11.4 Å². The fourth-order valence-electron chi connectivity index (χ4n) is 1.42. The zero-order valence-corrected chi connectivity index (χ0v) is 8.23. The van der Waals surface area contributed by atoms with Crippen LogP contribution in [0.3, 0.4) is 0 Å². The Morgan fingerprint density at radius 1 is 1.00 bits per heavy atom. The molecule has 1 aromatic rings. The van der Waals surface area contributed by atoms with Gasteiger partial charge < -0.3 is 10.6 Å². The molecular formula is C11H9F3N2. The van der Waals surface area contributed by atoms with Gasteiger partial charge in [0.25, 0.3) is 0 Å². The van der Waals surface area contributed by atoms with Crippen molar-refractivity contribution in [2.24, 2.45) is 0 Å². The van der Waals surface area contributed by atoms with E-state index >= 15 is 0 Å². The van der Waals surface area contributed by atoms with Crippen molar-refractivity contribution in [2.75, 3.05) is 10.6 Å². The Hall–Kier alpha value is -1.91. The van der Waals surface area contributed by atoms with Gasteiger partial charge in [0, 0.05) is 5.70 Å². The molecule has 0 atom stereocenters. The minimum absolute atomic E-state index is 0.199. The van der Waals surface area contributed by atoms with Crippen LogP contribution in [-0.2, 0) is 0 Å². The van der Waals surface area contributed by atoms with Gasteiger partial charge in [-0.3, -0.25) is 0 Å². The Kier molecular flexibility index (Phi) is 2.38. The standard InChI is InChI=1S/C11H9F3N2/c1-7-6-10(11(12,13)14)16-9-5-3-2-4-8(9)15-7/h2-6,15-16H,1H2. The number of anilines is 2. The fourth-order valence-corrected chi connectivity index (χ4v) is 1.42. The predicted octanol–water partition coefficient (Wildman–Crippen LogP) is 3.48. The van der Waals surface area contributed by atoms with E-state index in [1.807, 2.05) is 0 Å². The lowest BCUT2D eigenvalue weighted by Gasteiger charge is -2.13. The van der Waals surface area contributed by atoms with Gasteiger partial charge in [-0.1, -0.05) is 18.7 Å². The van der Waals surface area contributed by atoms with E-state index in [9.17, 15) is 13.2 Å². The van der Waals surface area contributed by atoms with Crippen LogP contribution in [0.4, 0.5) is 24.5 Å². The van der Waals surface area contributed by atoms with Crippen LogP contribution >= 0.6 is 0 Å². The molecule has 0 bridgehead atoms. The van der Waals surface area contributed by atoms with Crippen LogP contribution < -0.4 is 10.6 Å². The van der Waals surface area contributed by atoms with Crippen LogP contribution in [-0.4, -0.2) is 6.18 Å². The first-order valence-corrected chi connectivity index (χ1v) is 4.58. The molecule has 0 fully saturated rings. The third kappa shape index (κ3) is 2.03. The summed E-state index contributed by atoms with van der Waals surface area (Å²) in [5, 5.41) is 5.13. The number of rotatable bonds is 0. The minimum Gasteiger partial charge on any atom is -0.354 e. The van der Waals surface area contributed by atoms with Gasteiger partial charge in [-0.15, -0.1) is 0 Å². The number of allylic oxidation sites excluding steroid dienone is 2. The largest absolute Gasteiger partial charge is 0.431 e. The monoisotopic (exact) mass is 226 g/mol. The van der Waals surface area contributed by atoms with Crippen LogP contribution in [0.2, 0.25) is 0 Å². The Labute approximate surface area is 90.5 Å². The van der Waals surface area contributed by atoms with E-state index in [0.717, 1.165) is 6.08 Å². The van der Waals surface area contributed by atoms with Crippen molar-refractivity contribution in [3.63, 3.8) is 0 Å². The molecule has 16 heavy (non-hydrogen) atoms. The zero-order chi connectivity index (χ0) is 11.8. The highest BCUT2D eigenvalue weighted by atomic mass is 19.4. The maximum Gasteiger partial charge on any atom is 0.431 e. The number of alkyl halides is 3. The first-order chi connectivity index (χ1) is 7.47. The summed E-state index contributed by atoms with van der Waals surface area (Å²) >= 11 is 0. The Balaban J connectivity index is 2.44. The molecule has 0 saturated heterocycles. The van der Waals surface area contributed by atoms with E-state index < -0.39 is 11.9 Å². The van der Waals surface area contributed by atoms with Crippen LogP contribution in [0.15, 0.2) is 48.3 Å². The molecule has 0 amide bonds. The normalized spacial score (nSPS) is 15.4. The lowest BCUT2D eigenvalue weighted by Crippen LogP contribution is -2.18. The number of hydrogen-bond donors (Lipinski definition) is 2. The van der Waals surface area contributed by atoms with Gasteiger partial charge in [0.2, 0.25) is 0 Å². The molecule has 0 aromatic heterocycles. The summed E-state index contributed by atoms with van der Waals surface area (Å²) in [7, 11) is 0. The SMILES string of the molecule is C=C1C=C(C(F)(F)F)Nc2ccccc2N1. The molecule has 1 aliphatic heterocycles. The highest BCUT2D eigenvalue weighted by Crippen LogP contribution is 2.33. The Morgan fingerprint density at radius 3 is 2.12 bits per heavy atom. The average Bonchev–Trinajstić information content (AvgIpc) is 2.34. The maximum absolute atomic E-state index is 12.6. The van der Waals surface area contributed by atoms with Crippen molar-refractivity contribution in [1.29, 1.82) is 0 Å². The molecule has 2 N–H and O–H groups in total. The smallest absolute Gasteiger partial charge is 0.354 e. The van der Waals surface area contributed by atoms with E-state index in [1.165, 1.54) is 0 Å². The van der Waals surface area contributed by atoms with E-state index in [-0.39, 0.29) is 5.70 Å². The molecule has 2 rings (SSSR count). The number of benzene rings is 1. The molecule has 0 saturated carbocycles. The highest BCUT2D eigenvalue weighted by molar-refractivity contribution is 5.75. The lowest BCUT2D eigenvalue weighted by molar-refractivity contribution is -0.0902. The first-order valence-electron chi connectivity index (χ1n) is 4.58. The highest BCUT2D eigenvalue weighted by Gasteiger charge is 2.35. The van der Waals surface area contributed by atoms with Gasteiger partial charge in [0.05, 0.1) is 11.4 Å². The van der Waals surface area contributed by atoms with Crippen LogP contribution in [0.5, 0.6) is 0 Å². The van der Waals surface area contributed by atoms with Crippen molar-refractivity contribution in [2.45, 2.75) is 6.18 Å². The summed E-state index contributed by atoms with van der Waals surface area (Å²) < 4.78 is 37.8. The second-order valence-corrected chi connectivity index (χ2v) is 3.38. The second kappa shape index (κ2) is 3.59. The molecule has 5 heteroatoms. The molecule has 2 nitrogen and oxygen atoms in total. The Morgan fingerprint density at radius 2 is 1.56 bits per heavy atom. The maximum atomic E-state index is 12.6. The first kappa shape index (κ1) is 10.6. The lowest BCUT2D eigenvalue weighted by atomic mass is 10.2. The number of para-hydroxylation sites is 2.